The normalized spacial score (nSPS) is 22.2. The van der Waals surface area contributed by atoms with Gasteiger partial charge in [0.15, 0.2) is 0 Å². The summed E-state index contributed by atoms with van der Waals surface area (Å²) in [6.45, 7) is 3.15. The van der Waals surface area contributed by atoms with Crippen molar-refractivity contribution in [3.8, 4) is 0 Å². The number of aryl methyl sites for hydroxylation is 1. The molecule has 2 aromatic rings. The Morgan fingerprint density at radius 2 is 2.00 bits per heavy atom. The molecule has 3 heteroatoms. The van der Waals surface area contributed by atoms with Crippen molar-refractivity contribution in [2.75, 3.05) is 0 Å². The SMILES string of the molecule is CCc1ccc(CNC2CCCC2n2ccnc2)cc1. The van der Waals surface area contributed by atoms with E-state index in [2.05, 4.69) is 52.3 Å². The summed E-state index contributed by atoms with van der Waals surface area (Å²) in [6, 6.07) is 10.1. The van der Waals surface area contributed by atoms with Gasteiger partial charge in [-0.05, 0) is 36.8 Å². The summed E-state index contributed by atoms with van der Waals surface area (Å²) in [5.41, 5.74) is 2.78. The van der Waals surface area contributed by atoms with Crippen molar-refractivity contribution in [1.82, 2.24) is 14.9 Å². The highest BCUT2D eigenvalue weighted by atomic mass is 15.1. The molecular weight excluding hydrogens is 246 g/mol. The maximum atomic E-state index is 4.17. The highest BCUT2D eigenvalue weighted by Crippen LogP contribution is 2.30. The van der Waals surface area contributed by atoms with E-state index >= 15 is 0 Å². The van der Waals surface area contributed by atoms with Gasteiger partial charge >= 0.3 is 0 Å². The summed E-state index contributed by atoms with van der Waals surface area (Å²) in [7, 11) is 0. The van der Waals surface area contributed by atoms with Crippen LogP contribution in [0.2, 0.25) is 0 Å². The molecule has 1 aromatic heterocycles. The lowest BCUT2D eigenvalue weighted by molar-refractivity contribution is 0.390. The monoisotopic (exact) mass is 269 g/mol. The summed E-state index contributed by atoms with van der Waals surface area (Å²) in [6.07, 6.45) is 10.8. The second-order valence-corrected chi connectivity index (χ2v) is 5.67. The standard InChI is InChI=1S/C17H23N3/c1-2-14-6-8-15(9-7-14)12-19-16-4-3-5-17(16)20-11-10-18-13-20/h6-11,13,16-17,19H,2-5,12H2,1H3. The average Bonchev–Trinajstić information content (AvgIpc) is 3.16. The van der Waals surface area contributed by atoms with Gasteiger partial charge in [0.2, 0.25) is 0 Å². The van der Waals surface area contributed by atoms with Crippen molar-refractivity contribution in [1.29, 1.82) is 0 Å². The molecule has 0 spiro atoms. The third-order valence-electron chi connectivity index (χ3n) is 4.39. The van der Waals surface area contributed by atoms with Gasteiger partial charge in [-0.25, -0.2) is 4.98 Å². The van der Waals surface area contributed by atoms with Gasteiger partial charge in [0.05, 0.1) is 6.33 Å². The van der Waals surface area contributed by atoms with Crippen LogP contribution in [0.15, 0.2) is 43.0 Å². The highest BCUT2D eigenvalue weighted by Gasteiger charge is 2.27. The number of rotatable bonds is 5. The van der Waals surface area contributed by atoms with Crippen molar-refractivity contribution in [2.45, 2.75) is 51.2 Å². The Labute approximate surface area is 121 Å². The Bertz CT molecular complexity index is 516. The van der Waals surface area contributed by atoms with Crippen LogP contribution in [0.4, 0.5) is 0 Å². The minimum Gasteiger partial charge on any atom is -0.333 e. The van der Waals surface area contributed by atoms with E-state index in [4.69, 9.17) is 0 Å². The molecule has 0 amide bonds. The van der Waals surface area contributed by atoms with Crippen molar-refractivity contribution < 1.29 is 0 Å². The zero-order valence-corrected chi connectivity index (χ0v) is 12.1. The van der Waals surface area contributed by atoms with Crippen LogP contribution >= 0.6 is 0 Å². The molecule has 1 aliphatic rings. The lowest BCUT2D eigenvalue weighted by atomic mass is 10.1. The molecule has 1 fully saturated rings. The molecule has 1 aliphatic carbocycles. The van der Waals surface area contributed by atoms with Crippen molar-refractivity contribution in [2.24, 2.45) is 0 Å². The molecule has 20 heavy (non-hydrogen) atoms. The maximum absolute atomic E-state index is 4.17. The van der Waals surface area contributed by atoms with Crippen LogP contribution in [0.5, 0.6) is 0 Å². The number of aromatic nitrogens is 2. The Morgan fingerprint density at radius 3 is 2.70 bits per heavy atom. The van der Waals surface area contributed by atoms with Crippen molar-refractivity contribution >= 4 is 0 Å². The third-order valence-corrected chi connectivity index (χ3v) is 4.39. The van der Waals surface area contributed by atoms with Gasteiger partial charge in [0, 0.05) is 31.0 Å². The molecular formula is C17H23N3. The molecule has 0 saturated heterocycles. The minimum absolute atomic E-state index is 0.562. The quantitative estimate of drug-likeness (QED) is 0.902. The van der Waals surface area contributed by atoms with E-state index < -0.39 is 0 Å². The second kappa shape index (κ2) is 6.23. The van der Waals surface area contributed by atoms with Crippen LogP contribution in [-0.2, 0) is 13.0 Å². The van der Waals surface area contributed by atoms with E-state index in [0.29, 0.717) is 12.1 Å². The average molecular weight is 269 g/mol. The zero-order valence-electron chi connectivity index (χ0n) is 12.1. The second-order valence-electron chi connectivity index (χ2n) is 5.67. The van der Waals surface area contributed by atoms with Gasteiger partial charge < -0.3 is 9.88 Å². The van der Waals surface area contributed by atoms with Gasteiger partial charge in [0.25, 0.3) is 0 Å². The van der Waals surface area contributed by atoms with Gasteiger partial charge in [-0.3, -0.25) is 0 Å². The molecule has 3 rings (SSSR count). The van der Waals surface area contributed by atoms with Gasteiger partial charge in [0.1, 0.15) is 0 Å². The van der Waals surface area contributed by atoms with Gasteiger partial charge in [-0.2, -0.15) is 0 Å². The summed E-state index contributed by atoms with van der Waals surface area (Å²) >= 11 is 0. The molecule has 1 saturated carbocycles. The largest absolute Gasteiger partial charge is 0.333 e. The van der Waals surface area contributed by atoms with E-state index in [0.717, 1.165) is 13.0 Å². The van der Waals surface area contributed by atoms with Crippen LogP contribution in [0.25, 0.3) is 0 Å². The smallest absolute Gasteiger partial charge is 0.0949 e. The van der Waals surface area contributed by atoms with E-state index in [9.17, 15) is 0 Å². The number of hydrogen-bond donors (Lipinski definition) is 1. The molecule has 3 nitrogen and oxygen atoms in total. The Balaban J connectivity index is 1.59. The fourth-order valence-electron chi connectivity index (χ4n) is 3.14. The molecule has 1 N–H and O–H groups in total. The van der Waals surface area contributed by atoms with Crippen LogP contribution < -0.4 is 5.32 Å². The first kappa shape index (κ1) is 13.4. The predicted molar refractivity (Wildman–Crippen MR) is 81.6 cm³/mol. The predicted octanol–water partition coefficient (Wildman–Crippen LogP) is 3.33. The fraction of sp³-hybridized carbons (Fsp3) is 0.471. The van der Waals surface area contributed by atoms with E-state index in [1.807, 2.05) is 12.5 Å². The van der Waals surface area contributed by atoms with E-state index in [1.165, 1.54) is 30.4 Å². The van der Waals surface area contributed by atoms with Crippen LogP contribution in [-0.4, -0.2) is 15.6 Å². The topological polar surface area (TPSA) is 29.9 Å². The van der Waals surface area contributed by atoms with Gasteiger partial charge in [-0.1, -0.05) is 31.2 Å². The fourth-order valence-corrected chi connectivity index (χ4v) is 3.14. The number of nitrogens with one attached hydrogen (secondary N) is 1. The number of hydrogen-bond acceptors (Lipinski definition) is 2. The Kier molecular flexibility index (Phi) is 4.16. The molecule has 0 aliphatic heterocycles. The number of nitrogens with zero attached hydrogens (tertiary/aromatic N) is 2. The van der Waals surface area contributed by atoms with Gasteiger partial charge in [-0.15, -0.1) is 0 Å². The minimum atomic E-state index is 0.562. The molecule has 1 heterocycles. The maximum Gasteiger partial charge on any atom is 0.0949 e. The lowest BCUT2D eigenvalue weighted by Gasteiger charge is -2.22. The Hall–Kier alpha value is -1.61. The molecule has 1 aromatic carbocycles. The van der Waals surface area contributed by atoms with Crippen LogP contribution in [0, 0.1) is 0 Å². The molecule has 0 bridgehead atoms. The van der Waals surface area contributed by atoms with E-state index in [1.54, 1.807) is 0 Å². The summed E-state index contributed by atoms with van der Waals surface area (Å²) in [4.78, 5) is 4.17. The third kappa shape index (κ3) is 2.93. The molecule has 2 unspecified atom stereocenters. The summed E-state index contributed by atoms with van der Waals surface area (Å²) in [5, 5.41) is 3.73. The molecule has 2 atom stereocenters. The first-order chi connectivity index (χ1) is 9.86. The first-order valence-corrected chi connectivity index (χ1v) is 7.65. The first-order valence-electron chi connectivity index (χ1n) is 7.65. The van der Waals surface area contributed by atoms with Crippen LogP contribution in [0.1, 0.15) is 43.4 Å². The highest BCUT2D eigenvalue weighted by molar-refractivity contribution is 5.22. The Morgan fingerprint density at radius 1 is 1.20 bits per heavy atom. The van der Waals surface area contributed by atoms with Crippen molar-refractivity contribution in [3.63, 3.8) is 0 Å². The number of benzene rings is 1. The number of imidazole rings is 1. The van der Waals surface area contributed by atoms with Crippen molar-refractivity contribution in [3.05, 3.63) is 54.1 Å². The summed E-state index contributed by atoms with van der Waals surface area (Å²) in [5.74, 6) is 0. The lowest BCUT2D eigenvalue weighted by Crippen LogP contribution is -2.33. The summed E-state index contributed by atoms with van der Waals surface area (Å²) < 4.78 is 2.25. The van der Waals surface area contributed by atoms with Crippen LogP contribution in [0.3, 0.4) is 0 Å². The molecule has 106 valence electrons. The zero-order chi connectivity index (χ0) is 13.8. The molecule has 0 radical (unpaired) electrons. The van der Waals surface area contributed by atoms with E-state index in [-0.39, 0.29) is 0 Å².